The maximum Gasteiger partial charge on any atom is 0.225 e. The van der Waals surface area contributed by atoms with Gasteiger partial charge in [-0.2, -0.15) is 0 Å². The number of amides is 1. The number of aliphatic hydroxyl groups is 2. The van der Waals surface area contributed by atoms with Crippen LogP contribution in [0.2, 0.25) is 0 Å². The lowest BCUT2D eigenvalue weighted by Gasteiger charge is -2.37. The number of hydrogen-bond donors (Lipinski definition) is 4. The molecule has 8 heteroatoms. The van der Waals surface area contributed by atoms with Gasteiger partial charge in [0, 0.05) is 30.7 Å². The largest absolute Gasteiger partial charge is 0.390 e. The molecular formula is C19H24N4O3S. The molecular weight excluding hydrogens is 364 g/mol. The lowest BCUT2D eigenvalue weighted by atomic mass is 9.81. The van der Waals surface area contributed by atoms with Crippen molar-refractivity contribution in [1.82, 2.24) is 5.32 Å². The lowest BCUT2D eigenvalue weighted by molar-refractivity contribution is -0.129. The van der Waals surface area contributed by atoms with Gasteiger partial charge in [-0.3, -0.25) is 9.79 Å². The summed E-state index contributed by atoms with van der Waals surface area (Å²) in [5.41, 5.74) is 1.95. The second-order valence-corrected chi connectivity index (χ2v) is 8.06. The number of aliphatic imine (C=N–C) groups is 1. The molecule has 7 nitrogen and oxygen atoms in total. The van der Waals surface area contributed by atoms with Gasteiger partial charge in [-0.25, -0.2) is 0 Å². The van der Waals surface area contributed by atoms with Crippen molar-refractivity contribution in [3.8, 4) is 12.3 Å². The van der Waals surface area contributed by atoms with Crippen molar-refractivity contribution in [2.75, 3.05) is 30.9 Å². The predicted molar refractivity (Wildman–Crippen MR) is 109 cm³/mol. The van der Waals surface area contributed by atoms with Crippen LogP contribution in [0, 0.1) is 18.3 Å². The van der Waals surface area contributed by atoms with Gasteiger partial charge in [0.05, 0.1) is 24.6 Å². The van der Waals surface area contributed by atoms with Gasteiger partial charge in [-0.15, -0.1) is 6.42 Å². The highest BCUT2D eigenvalue weighted by Gasteiger charge is 2.50. The van der Waals surface area contributed by atoms with Crippen molar-refractivity contribution in [1.29, 1.82) is 0 Å². The molecule has 1 aliphatic heterocycles. The first-order chi connectivity index (χ1) is 12.9. The van der Waals surface area contributed by atoms with Crippen LogP contribution in [0.5, 0.6) is 0 Å². The van der Waals surface area contributed by atoms with E-state index in [0.717, 1.165) is 11.4 Å². The standard InChI is InChI=1S/C19H24N4O3S/c1-4-9-20-18(26)13-10-14(24)16(25)15-17(13)27-19(22-15)21-11-5-7-12(8-6-11)23(2)3/h1,5-8,13-17,24-25H,9-10H2,2-3H3,(H,20,26)(H,21,22)/t13-,14+,15-,16-,17+/m0/s1. The smallest absolute Gasteiger partial charge is 0.225 e. The minimum absolute atomic E-state index is 0.139. The summed E-state index contributed by atoms with van der Waals surface area (Å²) in [5.74, 6) is 1.69. The topological polar surface area (TPSA) is 97.2 Å². The first-order valence-electron chi connectivity index (χ1n) is 8.77. The molecule has 1 amide bonds. The number of nitrogens with one attached hydrogen (secondary N) is 2. The van der Waals surface area contributed by atoms with E-state index in [1.165, 1.54) is 11.8 Å². The van der Waals surface area contributed by atoms with Crippen molar-refractivity contribution in [3.63, 3.8) is 0 Å². The Morgan fingerprint density at radius 3 is 2.70 bits per heavy atom. The van der Waals surface area contributed by atoms with Gasteiger partial charge >= 0.3 is 0 Å². The van der Waals surface area contributed by atoms with Crippen LogP contribution in [0.4, 0.5) is 11.4 Å². The molecule has 5 atom stereocenters. The summed E-state index contributed by atoms with van der Waals surface area (Å²) in [6.45, 7) is 0.139. The Hall–Kier alpha value is -2.21. The second kappa shape index (κ2) is 8.21. The Labute approximate surface area is 163 Å². The monoisotopic (exact) mass is 388 g/mol. The maximum absolute atomic E-state index is 12.4. The number of nitrogens with zero attached hydrogens (tertiary/aromatic N) is 2. The van der Waals surface area contributed by atoms with Gasteiger partial charge in [-0.05, 0) is 30.7 Å². The Morgan fingerprint density at radius 1 is 1.37 bits per heavy atom. The zero-order valence-corrected chi connectivity index (χ0v) is 16.1. The maximum atomic E-state index is 12.4. The van der Waals surface area contributed by atoms with E-state index in [1.54, 1.807) is 0 Å². The van der Waals surface area contributed by atoms with Crippen molar-refractivity contribution < 1.29 is 15.0 Å². The molecule has 1 aromatic rings. The summed E-state index contributed by atoms with van der Waals surface area (Å²) >= 11 is 1.42. The van der Waals surface area contributed by atoms with Crippen LogP contribution in [0.3, 0.4) is 0 Å². The van der Waals surface area contributed by atoms with Gasteiger partial charge < -0.3 is 25.7 Å². The number of aliphatic hydroxyl groups excluding tert-OH is 2. The van der Waals surface area contributed by atoms with Gasteiger partial charge in [0.2, 0.25) is 5.91 Å². The van der Waals surface area contributed by atoms with Crippen molar-refractivity contribution in [2.45, 2.75) is 29.9 Å². The number of thioether (sulfide) groups is 1. The van der Waals surface area contributed by atoms with Crippen LogP contribution in [-0.4, -0.2) is 65.4 Å². The van der Waals surface area contributed by atoms with E-state index in [-0.39, 0.29) is 24.1 Å². The van der Waals surface area contributed by atoms with Crippen LogP contribution in [0.15, 0.2) is 29.3 Å². The fourth-order valence-corrected chi connectivity index (χ4v) is 4.72. The van der Waals surface area contributed by atoms with Crippen LogP contribution >= 0.6 is 11.8 Å². The highest BCUT2D eigenvalue weighted by atomic mass is 32.2. The number of rotatable bonds is 4. The van der Waals surface area contributed by atoms with E-state index in [4.69, 9.17) is 6.42 Å². The minimum Gasteiger partial charge on any atom is -0.390 e. The molecule has 3 rings (SSSR count). The average molecular weight is 388 g/mol. The number of fused-ring (bicyclic) bond motifs is 1. The average Bonchev–Trinajstić information content (AvgIpc) is 3.07. The zero-order valence-electron chi connectivity index (χ0n) is 15.3. The number of terminal acetylenes is 1. The van der Waals surface area contributed by atoms with Crippen LogP contribution in [-0.2, 0) is 4.79 Å². The quantitative estimate of drug-likeness (QED) is 0.561. The number of anilines is 2. The molecule has 1 heterocycles. The minimum atomic E-state index is -0.991. The number of hydrogen-bond acceptors (Lipinski definition) is 7. The molecule has 1 fully saturated rings. The van der Waals surface area contributed by atoms with E-state index >= 15 is 0 Å². The van der Waals surface area contributed by atoms with E-state index in [9.17, 15) is 15.0 Å². The number of carbonyl (C=O) groups is 1. The third-order valence-corrected chi connectivity index (χ3v) is 6.13. The highest BCUT2D eigenvalue weighted by Crippen LogP contribution is 2.41. The van der Waals surface area contributed by atoms with Gasteiger partial charge in [-0.1, -0.05) is 17.7 Å². The molecule has 144 valence electrons. The summed E-state index contributed by atoms with van der Waals surface area (Å²) in [7, 11) is 3.95. The highest BCUT2D eigenvalue weighted by molar-refractivity contribution is 8.15. The van der Waals surface area contributed by atoms with E-state index in [2.05, 4.69) is 21.5 Å². The molecule has 1 aromatic carbocycles. The molecule has 0 radical (unpaired) electrons. The van der Waals surface area contributed by atoms with E-state index in [1.807, 2.05) is 43.3 Å². The van der Waals surface area contributed by atoms with Crippen LogP contribution < -0.4 is 15.5 Å². The SMILES string of the molecule is C#CCNC(=O)[C@H]1C[C@@H](O)[C@H](O)[C@@H]2N=C(Nc3ccc(N(C)C)cc3)S[C@@H]21. The van der Waals surface area contributed by atoms with Gasteiger partial charge in [0.25, 0.3) is 0 Å². The molecule has 0 bridgehead atoms. The number of benzene rings is 1. The Kier molecular flexibility index (Phi) is 5.95. The summed E-state index contributed by atoms with van der Waals surface area (Å²) < 4.78 is 0. The lowest BCUT2D eigenvalue weighted by Crippen LogP contribution is -2.54. The van der Waals surface area contributed by atoms with Crippen LogP contribution in [0.1, 0.15) is 6.42 Å². The van der Waals surface area contributed by atoms with Crippen molar-refractivity contribution >= 4 is 34.2 Å². The Balaban J connectivity index is 1.73. The molecule has 2 aliphatic rings. The number of amidine groups is 1. The molecule has 1 aliphatic carbocycles. The van der Waals surface area contributed by atoms with E-state index < -0.39 is 24.2 Å². The normalized spacial score (nSPS) is 29.3. The zero-order chi connectivity index (χ0) is 19.6. The molecule has 0 unspecified atom stereocenters. The Morgan fingerprint density at radius 2 is 2.07 bits per heavy atom. The Bertz CT molecular complexity index is 759. The second-order valence-electron chi connectivity index (χ2n) is 6.90. The third kappa shape index (κ3) is 4.21. The number of carbonyl (C=O) groups excluding carboxylic acids is 1. The van der Waals surface area contributed by atoms with Crippen LogP contribution in [0.25, 0.3) is 0 Å². The van der Waals surface area contributed by atoms with Gasteiger partial charge in [0.15, 0.2) is 5.17 Å². The summed E-state index contributed by atoms with van der Waals surface area (Å²) in [6.07, 6.45) is 3.41. The van der Waals surface area contributed by atoms with E-state index in [0.29, 0.717) is 5.17 Å². The summed E-state index contributed by atoms with van der Waals surface area (Å²) in [4.78, 5) is 19.0. The van der Waals surface area contributed by atoms with Crippen molar-refractivity contribution in [2.24, 2.45) is 10.9 Å². The predicted octanol–water partition coefficient (Wildman–Crippen LogP) is 0.496. The van der Waals surface area contributed by atoms with Crippen molar-refractivity contribution in [3.05, 3.63) is 24.3 Å². The fourth-order valence-electron chi connectivity index (χ4n) is 3.34. The molecule has 0 spiro atoms. The molecule has 0 saturated heterocycles. The summed E-state index contributed by atoms with van der Waals surface area (Å²) in [5, 5.41) is 26.8. The first-order valence-corrected chi connectivity index (χ1v) is 9.65. The molecule has 27 heavy (non-hydrogen) atoms. The first kappa shape index (κ1) is 19.5. The fraction of sp³-hybridized carbons (Fsp3) is 0.474. The summed E-state index contributed by atoms with van der Waals surface area (Å²) in [6, 6.07) is 7.34. The molecule has 4 N–H and O–H groups in total. The van der Waals surface area contributed by atoms with Gasteiger partial charge in [0.1, 0.15) is 6.10 Å². The third-order valence-electron chi connectivity index (χ3n) is 4.82. The molecule has 1 saturated carbocycles. The molecule has 0 aromatic heterocycles.